The average Bonchev–Trinajstić information content (AvgIpc) is 2.81. The first kappa shape index (κ1) is 15.3. The summed E-state index contributed by atoms with van der Waals surface area (Å²) < 4.78 is 0. The van der Waals surface area contributed by atoms with Crippen LogP contribution in [0.5, 0.6) is 0 Å². The Morgan fingerprint density at radius 2 is 1.95 bits per heavy atom. The van der Waals surface area contributed by atoms with Crippen LogP contribution in [0.3, 0.4) is 0 Å². The number of imide groups is 1. The highest BCUT2D eigenvalue weighted by Gasteiger charge is 2.40. The standard InChI is InChI=1S/C13H19N3O5/c1-7-8(12(19)20)5-6-16(7)13(21)14-9-3-4-10(17)15(2)11(9)18/h7-9H,3-6H2,1-2H3,(H,14,21)(H,19,20). The second-order valence-corrected chi connectivity index (χ2v) is 5.50. The van der Waals surface area contributed by atoms with Gasteiger partial charge in [-0.1, -0.05) is 0 Å². The second kappa shape index (κ2) is 5.71. The van der Waals surface area contributed by atoms with E-state index in [1.807, 2.05) is 0 Å². The monoisotopic (exact) mass is 297 g/mol. The maximum absolute atomic E-state index is 12.2. The quantitative estimate of drug-likeness (QED) is 0.677. The molecule has 0 aromatic carbocycles. The molecule has 2 N–H and O–H groups in total. The summed E-state index contributed by atoms with van der Waals surface area (Å²) >= 11 is 0. The number of likely N-dealkylation sites (tertiary alicyclic amines) is 2. The van der Waals surface area contributed by atoms with Gasteiger partial charge in [-0.25, -0.2) is 4.79 Å². The predicted octanol–water partition coefficient (Wildman–Crippen LogP) is -0.362. The van der Waals surface area contributed by atoms with Crippen molar-refractivity contribution in [2.24, 2.45) is 5.92 Å². The van der Waals surface area contributed by atoms with Crippen molar-refractivity contribution in [3.63, 3.8) is 0 Å². The van der Waals surface area contributed by atoms with Crippen LogP contribution >= 0.6 is 0 Å². The minimum Gasteiger partial charge on any atom is -0.481 e. The molecular weight excluding hydrogens is 278 g/mol. The molecule has 0 radical (unpaired) electrons. The van der Waals surface area contributed by atoms with Crippen LogP contribution in [0.4, 0.5) is 4.79 Å². The molecule has 21 heavy (non-hydrogen) atoms. The number of rotatable bonds is 2. The number of carboxylic acid groups (broad SMARTS) is 1. The minimum absolute atomic E-state index is 0.209. The van der Waals surface area contributed by atoms with Gasteiger partial charge in [-0.2, -0.15) is 0 Å². The van der Waals surface area contributed by atoms with Gasteiger partial charge in [0, 0.05) is 26.1 Å². The van der Waals surface area contributed by atoms with Crippen LogP contribution in [-0.2, 0) is 14.4 Å². The first-order chi connectivity index (χ1) is 9.82. The van der Waals surface area contributed by atoms with E-state index in [4.69, 9.17) is 5.11 Å². The van der Waals surface area contributed by atoms with Crippen LogP contribution in [-0.4, -0.2) is 64.4 Å². The number of nitrogens with zero attached hydrogens (tertiary/aromatic N) is 2. The Kier molecular flexibility index (Phi) is 4.15. The number of hydrogen-bond donors (Lipinski definition) is 2. The van der Waals surface area contributed by atoms with Crippen molar-refractivity contribution in [1.82, 2.24) is 15.1 Å². The zero-order valence-electron chi connectivity index (χ0n) is 12.0. The molecule has 4 amide bonds. The lowest BCUT2D eigenvalue weighted by Crippen LogP contribution is -2.56. The Bertz CT molecular complexity index is 492. The number of carbonyl (C=O) groups is 4. The van der Waals surface area contributed by atoms with Gasteiger partial charge in [-0.05, 0) is 19.8 Å². The third-order valence-corrected chi connectivity index (χ3v) is 4.28. The van der Waals surface area contributed by atoms with Crippen LogP contribution in [0.1, 0.15) is 26.2 Å². The van der Waals surface area contributed by atoms with Gasteiger partial charge >= 0.3 is 12.0 Å². The van der Waals surface area contributed by atoms with Crippen LogP contribution in [0, 0.1) is 5.92 Å². The van der Waals surface area contributed by atoms with Crippen LogP contribution in [0.15, 0.2) is 0 Å². The summed E-state index contributed by atoms with van der Waals surface area (Å²) in [7, 11) is 1.39. The Labute approximate surface area is 122 Å². The lowest BCUT2D eigenvalue weighted by Gasteiger charge is -2.31. The van der Waals surface area contributed by atoms with Gasteiger partial charge in [0.05, 0.1) is 5.92 Å². The zero-order chi connectivity index (χ0) is 15.7. The molecule has 2 aliphatic heterocycles. The third-order valence-electron chi connectivity index (χ3n) is 4.28. The Balaban J connectivity index is 1.98. The molecule has 2 heterocycles. The van der Waals surface area contributed by atoms with Gasteiger partial charge in [0.2, 0.25) is 5.91 Å². The summed E-state index contributed by atoms with van der Waals surface area (Å²) in [6.07, 6.45) is 0.889. The fraction of sp³-hybridized carbons (Fsp3) is 0.692. The summed E-state index contributed by atoms with van der Waals surface area (Å²) in [5, 5.41) is 11.7. The zero-order valence-corrected chi connectivity index (χ0v) is 12.0. The van der Waals surface area contributed by atoms with Gasteiger partial charge in [0.1, 0.15) is 6.04 Å². The minimum atomic E-state index is -0.920. The van der Waals surface area contributed by atoms with E-state index in [1.165, 1.54) is 11.9 Å². The molecule has 2 rings (SSSR count). The van der Waals surface area contributed by atoms with E-state index in [0.29, 0.717) is 13.0 Å². The largest absolute Gasteiger partial charge is 0.481 e. The molecule has 0 aromatic heterocycles. The highest BCUT2D eigenvalue weighted by Crippen LogP contribution is 2.24. The molecule has 8 nitrogen and oxygen atoms in total. The molecule has 8 heteroatoms. The first-order valence-corrected chi connectivity index (χ1v) is 6.93. The summed E-state index contributed by atoms with van der Waals surface area (Å²) in [6.45, 7) is 2.03. The van der Waals surface area contributed by atoms with E-state index in [1.54, 1.807) is 6.92 Å². The molecule has 3 atom stereocenters. The lowest BCUT2D eigenvalue weighted by molar-refractivity contribution is -0.148. The lowest BCUT2D eigenvalue weighted by atomic mass is 10.0. The number of nitrogens with one attached hydrogen (secondary N) is 1. The smallest absolute Gasteiger partial charge is 0.318 e. The fourth-order valence-electron chi connectivity index (χ4n) is 2.84. The Morgan fingerprint density at radius 1 is 1.29 bits per heavy atom. The molecule has 0 spiro atoms. The van der Waals surface area contributed by atoms with Crippen molar-refractivity contribution in [3.05, 3.63) is 0 Å². The number of urea groups is 1. The molecule has 116 valence electrons. The van der Waals surface area contributed by atoms with Crippen molar-refractivity contribution < 1.29 is 24.3 Å². The van der Waals surface area contributed by atoms with Crippen molar-refractivity contribution >= 4 is 23.8 Å². The molecular formula is C13H19N3O5. The number of carbonyl (C=O) groups excluding carboxylic acids is 3. The average molecular weight is 297 g/mol. The summed E-state index contributed by atoms with van der Waals surface area (Å²) in [5.74, 6) is -2.19. The number of piperidine rings is 1. The maximum atomic E-state index is 12.2. The Hall–Kier alpha value is -2.12. The maximum Gasteiger partial charge on any atom is 0.318 e. The van der Waals surface area contributed by atoms with Gasteiger partial charge in [0.25, 0.3) is 5.91 Å². The van der Waals surface area contributed by atoms with E-state index in [0.717, 1.165) is 4.90 Å². The van der Waals surface area contributed by atoms with Gasteiger partial charge in [-0.3, -0.25) is 19.3 Å². The van der Waals surface area contributed by atoms with Crippen LogP contribution in [0.2, 0.25) is 0 Å². The van der Waals surface area contributed by atoms with E-state index >= 15 is 0 Å². The van der Waals surface area contributed by atoms with E-state index in [-0.39, 0.29) is 18.7 Å². The van der Waals surface area contributed by atoms with Crippen molar-refractivity contribution in [2.75, 3.05) is 13.6 Å². The van der Waals surface area contributed by atoms with Crippen molar-refractivity contribution in [3.8, 4) is 0 Å². The van der Waals surface area contributed by atoms with Crippen molar-refractivity contribution in [1.29, 1.82) is 0 Å². The molecule has 0 aromatic rings. The fourth-order valence-corrected chi connectivity index (χ4v) is 2.84. The summed E-state index contributed by atoms with van der Waals surface area (Å²) in [4.78, 5) is 49.0. The van der Waals surface area contributed by atoms with E-state index < -0.39 is 35.9 Å². The highest BCUT2D eigenvalue weighted by atomic mass is 16.4. The second-order valence-electron chi connectivity index (χ2n) is 5.50. The number of aliphatic carboxylic acids is 1. The molecule has 0 bridgehead atoms. The number of hydrogen-bond acceptors (Lipinski definition) is 4. The topological polar surface area (TPSA) is 107 Å². The molecule has 0 saturated carbocycles. The molecule has 2 fully saturated rings. The first-order valence-electron chi connectivity index (χ1n) is 6.93. The van der Waals surface area contributed by atoms with Gasteiger partial charge in [-0.15, -0.1) is 0 Å². The molecule has 3 unspecified atom stereocenters. The summed E-state index contributed by atoms with van der Waals surface area (Å²) in [5.41, 5.74) is 0. The molecule has 2 saturated heterocycles. The summed E-state index contributed by atoms with van der Waals surface area (Å²) in [6, 6.07) is -1.59. The third kappa shape index (κ3) is 2.84. The van der Waals surface area contributed by atoms with Crippen molar-refractivity contribution in [2.45, 2.75) is 38.3 Å². The van der Waals surface area contributed by atoms with Crippen LogP contribution in [0.25, 0.3) is 0 Å². The predicted molar refractivity (Wildman–Crippen MR) is 71.2 cm³/mol. The number of amides is 4. The van der Waals surface area contributed by atoms with Crippen LogP contribution < -0.4 is 5.32 Å². The highest BCUT2D eigenvalue weighted by molar-refractivity contribution is 6.01. The normalized spacial score (nSPS) is 29.7. The number of carboxylic acids is 1. The van der Waals surface area contributed by atoms with E-state index in [9.17, 15) is 19.2 Å². The number of likely N-dealkylation sites (N-methyl/N-ethyl adjacent to an activating group) is 1. The van der Waals surface area contributed by atoms with Gasteiger partial charge < -0.3 is 15.3 Å². The van der Waals surface area contributed by atoms with E-state index in [2.05, 4.69) is 5.32 Å². The molecule has 2 aliphatic rings. The SMILES string of the molecule is CC1C(C(=O)O)CCN1C(=O)NC1CCC(=O)N(C)C1=O. The molecule has 0 aliphatic carbocycles. The Morgan fingerprint density at radius 3 is 2.52 bits per heavy atom. The van der Waals surface area contributed by atoms with Gasteiger partial charge in [0.15, 0.2) is 0 Å².